The topological polar surface area (TPSA) is 47.3 Å². The number of fused-ring (bicyclic) bond motifs is 4. The van der Waals surface area contributed by atoms with Gasteiger partial charge in [0.25, 0.3) is 5.52 Å². The third-order valence-electron chi connectivity index (χ3n) is 6.58. The summed E-state index contributed by atoms with van der Waals surface area (Å²) in [5, 5.41) is 9.47. The first-order valence-corrected chi connectivity index (χ1v) is 11.9. The van der Waals surface area contributed by atoms with E-state index < -0.39 is 0 Å². The Hall–Kier alpha value is -2.31. The number of nitrogens with zero attached hydrogens (tertiary/aromatic N) is 4. The lowest BCUT2D eigenvalue weighted by Gasteiger charge is -2.20. The van der Waals surface area contributed by atoms with Gasteiger partial charge in [0.15, 0.2) is 0 Å². The minimum Gasteiger partial charge on any atom is -1.00 e. The van der Waals surface area contributed by atoms with Gasteiger partial charge in [-0.05, 0) is 91.0 Å². The molecule has 0 unspecified atom stereocenters. The van der Waals surface area contributed by atoms with Gasteiger partial charge in [-0.25, -0.2) is 0 Å². The minimum atomic E-state index is 0. The SMILES string of the molecule is CCN1C2=C(C=Cc3oc4cc(C)c(C)cc4[n+]3CC)CCN2c2cc(C#N)c(Br)cc21.[I-]. The second-order valence-electron chi connectivity index (χ2n) is 8.35. The zero-order chi connectivity index (χ0) is 22.6. The predicted molar refractivity (Wildman–Crippen MR) is 131 cm³/mol. The average molecular weight is 617 g/mol. The molecular weight excluding hydrogens is 591 g/mol. The van der Waals surface area contributed by atoms with E-state index in [9.17, 15) is 5.26 Å². The van der Waals surface area contributed by atoms with Crippen LogP contribution in [-0.4, -0.2) is 13.1 Å². The van der Waals surface area contributed by atoms with E-state index in [-0.39, 0.29) is 24.0 Å². The second-order valence-corrected chi connectivity index (χ2v) is 9.20. The van der Waals surface area contributed by atoms with Crippen molar-refractivity contribution >= 4 is 44.5 Å². The molecule has 33 heavy (non-hydrogen) atoms. The number of aryl methyl sites for hydroxylation is 3. The maximum absolute atomic E-state index is 9.47. The van der Waals surface area contributed by atoms with Crippen molar-refractivity contribution in [3.8, 4) is 6.07 Å². The molecule has 5 nitrogen and oxygen atoms in total. The number of aromatic nitrogens is 1. The van der Waals surface area contributed by atoms with Crippen molar-refractivity contribution < 1.29 is 33.0 Å². The van der Waals surface area contributed by atoms with Gasteiger partial charge in [0, 0.05) is 23.6 Å². The Kier molecular flexibility index (Phi) is 6.61. The van der Waals surface area contributed by atoms with Crippen molar-refractivity contribution in [3.05, 3.63) is 68.8 Å². The Morgan fingerprint density at radius 3 is 2.58 bits per heavy atom. The van der Waals surface area contributed by atoms with Crippen LogP contribution in [0.2, 0.25) is 0 Å². The van der Waals surface area contributed by atoms with Gasteiger partial charge in [0.1, 0.15) is 18.4 Å². The maximum Gasteiger partial charge on any atom is 0.374 e. The summed E-state index contributed by atoms with van der Waals surface area (Å²) in [6, 6.07) is 10.7. The highest BCUT2D eigenvalue weighted by molar-refractivity contribution is 9.10. The molecule has 3 heterocycles. The van der Waals surface area contributed by atoms with Gasteiger partial charge >= 0.3 is 5.89 Å². The fourth-order valence-electron chi connectivity index (χ4n) is 4.81. The molecule has 0 aliphatic carbocycles. The van der Waals surface area contributed by atoms with Gasteiger partial charge in [-0.1, -0.05) is 0 Å². The Balaban J connectivity index is 0.00000259. The van der Waals surface area contributed by atoms with Gasteiger partial charge in [-0.2, -0.15) is 9.83 Å². The highest BCUT2D eigenvalue weighted by atomic mass is 127. The smallest absolute Gasteiger partial charge is 0.374 e. The molecule has 0 atom stereocenters. The van der Waals surface area contributed by atoms with Gasteiger partial charge in [-0.3, -0.25) is 0 Å². The van der Waals surface area contributed by atoms with Crippen molar-refractivity contribution in [1.82, 2.24) is 0 Å². The summed E-state index contributed by atoms with van der Waals surface area (Å²) < 4.78 is 9.31. The summed E-state index contributed by atoms with van der Waals surface area (Å²) in [7, 11) is 0. The number of benzene rings is 2. The normalized spacial score (nSPS) is 14.8. The van der Waals surface area contributed by atoms with Crippen LogP contribution in [0.25, 0.3) is 17.2 Å². The Morgan fingerprint density at radius 1 is 1.12 bits per heavy atom. The molecule has 2 aliphatic heterocycles. The summed E-state index contributed by atoms with van der Waals surface area (Å²) in [5.74, 6) is 2.08. The molecule has 3 aromatic rings. The molecule has 0 bridgehead atoms. The number of anilines is 2. The lowest BCUT2D eigenvalue weighted by atomic mass is 10.1. The standard InChI is InChI=1S/C26H26BrN4O.HI/c1-5-29-23-11-16(3)17(4)12-24(23)32-25(29)8-7-18-9-10-31-21-13-19(15-28)20(27)14-22(21)30(6-2)26(18)31;/h7-8,11-14H,5-6,9-10H2,1-4H3;1H/q+1;/p-1. The van der Waals surface area contributed by atoms with Crippen LogP contribution in [0.3, 0.4) is 0 Å². The highest BCUT2D eigenvalue weighted by Crippen LogP contribution is 2.48. The minimum absolute atomic E-state index is 0. The molecule has 1 aromatic heterocycles. The van der Waals surface area contributed by atoms with E-state index in [2.05, 4.69) is 94.4 Å². The molecule has 0 fully saturated rings. The lowest BCUT2D eigenvalue weighted by molar-refractivity contribution is -0.674. The zero-order valence-corrected chi connectivity index (χ0v) is 23.0. The number of nitriles is 1. The van der Waals surface area contributed by atoms with Gasteiger partial charge < -0.3 is 38.2 Å². The molecular formula is C26H26BrIN4O. The molecule has 0 saturated heterocycles. The molecule has 170 valence electrons. The molecule has 0 saturated carbocycles. The van der Waals surface area contributed by atoms with Crippen LogP contribution in [0.4, 0.5) is 11.4 Å². The lowest BCUT2D eigenvalue weighted by Crippen LogP contribution is -3.00. The molecule has 5 rings (SSSR count). The fraction of sp³-hybridized carbons (Fsp3) is 0.308. The van der Waals surface area contributed by atoms with E-state index in [4.69, 9.17) is 4.42 Å². The Morgan fingerprint density at radius 2 is 1.88 bits per heavy atom. The van der Waals surface area contributed by atoms with Gasteiger partial charge in [0.2, 0.25) is 5.58 Å². The van der Waals surface area contributed by atoms with E-state index in [0.717, 1.165) is 58.9 Å². The summed E-state index contributed by atoms with van der Waals surface area (Å²) in [6.07, 6.45) is 5.27. The van der Waals surface area contributed by atoms with E-state index in [0.29, 0.717) is 5.56 Å². The fourth-order valence-corrected chi connectivity index (χ4v) is 5.23. The number of hydrogen-bond acceptors (Lipinski definition) is 4. The maximum atomic E-state index is 9.47. The van der Waals surface area contributed by atoms with Crippen LogP contribution in [0.5, 0.6) is 0 Å². The Bertz CT molecular complexity index is 1370. The number of oxazole rings is 1. The quantitative estimate of drug-likeness (QED) is 0.334. The molecule has 0 radical (unpaired) electrons. The van der Waals surface area contributed by atoms with Crippen LogP contribution in [0.15, 0.2) is 50.6 Å². The molecule has 2 aliphatic rings. The average Bonchev–Trinajstić information content (AvgIpc) is 3.42. The second kappa shape index (κ2) is 9.15. The molecule has 2 aromatic carbocycles. The third-order valence-corrected chi connectivity index (χ3v) is 7.23. The third kappa shape index (κ3) is 3.77. The summed E-state index contributed by atoms with van der Waals surface area (Å²) in [4.78, 5) is 4.68. The van der Waals surface area contributed by atoms with Crippen LogP contribution in [0, 0.1) is 25.2 Å². The first-order chi connectivity index (χ1) is 15.5. The zero-order valence-electron chi connectivity index (χ0n) is 19.2. The number of allylic oxidation sites excluding steroid dienone is 1. The van der Waals surface area contributed by atoms with Crippen molar-refractivity contribution in [2.75, 3.05) is 22.9 Å². The molecule has 0 N–H and O–H groups in total. The first kappa shape index (κ1) is 23.8. The molecule has 7 heteroatoms. The molecule has 0 amide bonds. The van der Waals surface area contributed by atoms with Crippen molar-refractivity contribution in [2.45, 2.75) is 40.7 Å². The number of halogens is 2. The van der Waals surface area contributed by atoms with Crippen LogP contribution >= 0.6 is 15.9 Å². The van der Waals surface area contributed by atoms with Gasteiger partial charge in [0.05, 0.1) is 23.0 Å². The van der Waals surface area contributed by atoms with Crippen LogP contribution < -0.4 is 38.3 Å². The summed E-state index contributed by atoms with van der Waals surface area (Å²) >= 11 is 3.55. The van der Waals surface area contributed by atoms with E-state index in [1.807, 2.05) is 6.07 Å². The van der Waals surface area contributed by atoms with Gasteiger partial charge in [-0.15, -0.1) is 0 Å². The summed E-state index contributed by atoms with van der Waals surface area (Å²) in [5.41, 5.74) is 8.80. The number of rotatable bonds is 4. The predicted octanol–water partition coefficient (Wildman–Crippen LogP) is 2.97. The van der Waals surface area contributed by atoms with Crippen molar-refractivity contribution in [1.29, 1.82) is 5.26 Å². The number of hydrogen-bond donors (Lipinski definition) is 0. The van der Waals surface area contributed by atoms with Crippen molar-refractivity contribution in [3.63, 3.8) is 0 Å². The van der Waals surface area contributed by atoms with Crippen LogP contribution in [0.1, 0.15) is 42.8 Å². The van der Waals surface area contributed by atoms with E-state index >= 15 is 0 Å². The first-order valence-electron chi connectivity index (χ1n) is 11.1. The largest absolute Gasteiger partial charge is 1.00 e. The monoisotopic (exact) mass is 616 g/mol. The Labute approximate surface area is 220 Å². The highest BCUT2D eigenvalue weighted by Gasteiger charge is 2.36. The molecule has 0 spiro atoms. The van der Waals surface area contributed by atoms with E-state index in [1.165, 1.54) is 22.5 Å². The van der Waals surface area contributed by atoms with Crippen molar-refractivity contribution in [2.24, 2.45) is 0 Å². The summed E-state index contributed by atoms with van der Waals surface area (Å²) in [6.45, 7) is 11.2. The van der Waals surface area contributed by atoms with Crippen LogP contribution in [-0.2, 0) is 6.54 Å². The van der Waals surface area contributed by atoms with E-state index in [1.54, 1.807) is 0 Å².